The van der Waals surface area contributed by atoms with Crippen molar-refractivity contribution in [1.82, 2.24) is 4.90 Å². The Balaban J connectivity index is 1.77. The van der Waals surface area contributed by atoms with E-state index in [0.29, 0.717) is 13.1 Å². The second-order valence-corrected chi connectivity index (χ2v) is 6.73. The maximum absolute atomic E-state index is 12.1. The Kier molecular flexibility index (Phi) is 3.01. The average Bonchev–Trinajstić information content (AvgIpc) is 2.89. The number of carbonyl (C=O) groups is 1. The van der Waals surface area contributed by atoms with Crippen molar-refractivity contribution in [2.24, 2.45) is 5.92 Å². The highest BCUT2D eigenvalue weighted by Crippen LogP contribution is 2.49. The molecule has 1 saturated heterocycles. The van der Waals surface area contributed by atoms with E-state index in [4.69, 9.17) is 4.74 Å². The molecule has 1 N–H and O–H groups in total. The molecule has 4 heteroatoms. The smallest absolute Gasteiger partial charge is 0.410 e. The molecule has 2 aliphatic rings. The van der Waals surface area contributed by atoms with Crippen LogP contribution in [0, 0.1) is 5.92 Å². The molecule has 4 nitrogen and oxygen atoms in total. The number of hydrogen-bond donors (Lipinski definition) is 1. The van der Waals surface area contributed by atoms with Crippen LogP contribution >= 0.6 is 0 Å². The number of fused-ring (bicyclic) bond motifs is 3. The number of rotatable bonds is 0. The van der Waals surface area contributed by atoms with E-state index in [1.54, 1.807) is 4.90 Å². The molecule has 3 rings (SSSR count). The van der Waals surface area contributed by atoms with Gasteiger partial charge in [0.25, 0.3) is 0 Å². The standard InChI is InChI=1S/C16H21NO3/c1-16(2,3)20-15(19)17-8-12-10-6-4-5-7-11(10)14(18)13(12)9-17/h4-7,12-14,18H,8-9H2,1-3H3/t12-,13-,14-/m0/s1. The maximum atomic E-state index is 12.1. The zero-order chi connectivity index (χ0) is 14.5. The summed E-state index contributed by atoms with van der Waals surface area (Å²) in [5.74, 6) is 0.327. The van der Waals surface area contributed by atoms with Crippen molar-refractivity contribution in [3.63, 3.8) is 0 Å². The zero-order valence-electron chi connectivity index (χ0n) is 12.2. The molecule has 20 heavy (non-hydrogen) atoms. The van der Waals surface area contributed by atoms with Gasteiger partial charge in [-0.1, -0.05) is 24.3 Å². The summed E-state index contributed by atoms with van der Waals surface area (Å²) >= 11 is 0. The van der Waals surface area contributed by atoms with E-state index in [9.17, 15) is 9.90 Å². The molecule has 0 spiro atoms. The number of amides is 1. The van der Waals surface area contributed by atoms with E-state index in [1.165, 1.54) is 5.56 Å². The predicted octanol–water partition coefficient (Wildman–Crippen LogP) is 2.68. The maximum Gasteiger partial charge on any atom is 0.410 e. The van der Waals surface area contributed by atoms with Crippen molar-refractivity contribution >= 4 is 6.09 Å². The summed E-state index contributed by atoms with van der Waals surface area (Å²) in [6.45, 7) is 6.80. The number of carbonyl (C=O) groups excluding carboxylic acids is 1. The van der Waals surface area contributed by atoms with E-state index in [1.807, 2.05) is 39.0 Å². The van der Waals surface area contributed by atoms with Crippen LogP contribution in [0.1, 0.15) is 43.9 Å². The first-order chi connectivity index (χ1) is 9.37. The van der Waals surface area contributed by atoms with E-state index in [2.05, 4.69) is 6.07 Å². The molecule has 1 aromatic rings. The van der Waals surface area contributed by atoms with E-state index >= 15 is 0 Å². The van der Waals surface area contributed by atoms with Gasteiger partial charge in [0.05, 0.1) is 6.10 Å². The highest BCUT2D eigenvalue weighted by molar-refractivity contribution is 5.69. The summed E-state index contributed by atoms with van der Waals surface area (Å²) in [7, 11) is 0. The first-order valence-electron chi connectivity index (χ1n) is 7.11. The molecular formula is C16H21NO3. The van der Waals surface area contributed by atoms with Gasteiger partial charge in [-0.25, -0.2) is 4.79 Å². The number of aliphatic hydroxyl groups excluding tert-OH is 1. The molecule has 1 aromatic carbocycles. The second kappa shape index (κ2) is 4.48. The predicted molar refractivity (Wildman–Crippen MR) is 75.4 cm³/mol. The van der Waals surface area contributed by atoms with Crippen LogP contribution in [-0.2, 0) is 4.74 Å². The molecule has 3 atom stereocenters. The Morgan fingerprint density at radius 3 is 2.55 bits per heavy atom. The van der Waals surface area contributed by atoms with Crippen molar-refractivity contribution in [3.8, 4) is 0 Å². The van der Waals surface area contributed by atoms with Crippen LogP contribution in [0.2, 0.25) is 0 Å². The Labute approximate surface area is 119 Å². The van der Waals surface area contributed by atoms with E-state index < -0.39 is 11.7 Å². The molecule has 0 aromatic heterocycles. The Hall–Kier alpha value is -1.55. The topological polar surface area (TPSA) is 49.8 Å². The SMILES string of the molecule is CC(C)(C)OC(=O)N1C[C@@H]2[C@@H](O)c3ccccc3[C@@H]2C1. The fourth-order valence-electron chi connectivity index (χ4n) is 3.30. The molecule has 1 aliphatic carbocycles. The molecule has 0 radical (unpaired) electrons. The van der Waals surface area contributed by atoms with Crippen LogP contribution in [0.4, 0.5) is 4.79 Å². The summed E-state index contributed by atoms with van der Waals surface area (Å²) < 4.78 is 5.42. The summed E-state index contributed by atoms with van der Waals surface area (Å²) in [5.41, 5.74) is 1.72. The van der Waals surface area contributed by atoms with Gasteiger partial charge in [-0.05, 0) is 31.9 Å². The van der Waals surface area contributed by atoms with Crippen LogP contribution in [0.25, 0.3) is 0 Å². The van der Waals surface area contributed by atoms with Gasteiger partial charge >= 0.3 is 6.09 Å². The fourth-order valence-corrected chi connectivity index (χ4v) is 3.30. The molecular weight excluding hydrogens is 254 g/mol. The van der Waals surface area contributed by atoms with E-state index in [-0.39, 0.29) is 17.9 Å². The molecule has 108 valence electrons. The number of benzene rings is 1. The highest BCUT2D eigenvalue weighted by Gasteiger charge is 2.47. The third kappa shape index (κ3) is 2.18. The number of nitrogens with zero attached hydrogens (tertiary/aromatic N) is 1. The second-order valence-electron chi connectivity index (χ2n) is 6.73. The molecule has 0 bridgehead atoms. The van der Waals surface area contributed by atoms with Crippen LogP contribution in [0.3, 0.4) is 0 Å². The lowest BCUT2D eigenvalue weighted by Gasteiger charge is -2.25. The number of ether oxygens (including phenoxy) is 1. The van der Waals surface area contributed by atoms with Crippen LogP contribution in [0.15, 0.2) is 24.3 Å². The zero-order valence-corrected chi connectivity index (χ0v) is 12.2. The Morgan fingerprint density at radius 1 is 1.25 bits per heavy atom. The molecule has 1 heterocycles. The van der Waals surface area contributed by atoms with Crippen molar-refractivity contribution in [2.45, 2.75) is 38.4 Å². The van der Waals surface area contributed by atoms with Crippen LogP contribution in [-0.4, -0.2) is 34.8 Å². The molecule has 0 saturated carbocycles. The lowest BCUT2D eigenvalue weighted by molar-refractivity contribution is 0.0267. The number of likely N-dealkylation sites (tertiary alicyclic amines) is 1. The van der Waals surface area contributed by atoms with Gasteiger partial charge < -0.3 is 14.7 Å². The van der Waals surface area contributed by atoms with Gasteiger partial charge in [-0.3, -0.25) is 0 Å². The molecule has 0 unspecified atom stereocenters. The van der Waals surface area contributed by atoms with Crippen molar-refractivity contribution in [3.05, 3.63) is 35.4 Å². The summed E-state index contributed by atoms with van der Waals surface area (Å²) in [6, 6.07) is 7.98. The lowest BCUT2D eigenvalue weighted by atomic mass is 9.96. The number of aliphatic hydroxyl groups is 1. The lowest BCUT2D eigenvalue weighted by Crippen LogP contribution is -2.36. The van der Waals surface area contributed by atoms with Gasteiger partial charge in [0.1, 0.15) is 5.60 Å². The average molecular weight is 275 g/mol. The van der Waals surface area contributed by atoms with Crippen LogP contribution < -0.4 is 0 Å². The first kappa shape index (κ1) is 13.4. The number of hydrogen-bond acceptors (Lipinski definition) is 3. The summed E-state index contributed by atoms with van der Waals surface area (Å²) in [5, 5.41) is 10.4. The van der Waals surface area contributed by atoms with Crippen molar-refractivity contribution < 1.29 is 14.6 Å². The normalized spacial score (nSPS) is 28.2. The fraction of sp³-hybridized carbons (Fsp3) is 0.562. The molecule has 1 fully saturated rings. The highest BCUT2D eigenvalue weighted by atomic mass is 16.6. The van der Waals surface area contributed by atoms with Gasteiger partial charge in [-0.15, -0.1) is 0 Å². The summed E-state index contributed by atoms with van der Waals surface area (Å²) in [4.78, 5) is 13.9. The van der Waals surface area contributed by atoms with Crippen molar-refractivity contribution in [1.29, 1.82) is 0 Å². The largest absolute Gasteiger partial charge is 0.444 e. The molecule has 1 amide bonds. The first-order valence-corrected chi connectivity index (χ1v) is 7.11. The minimum Gasteiger partial charge on any atom is -0.444 e. The third-order valence-corrected chi connectivity index (χ3v) is 4.14. The van der Waals surface area contributed by atoms with Gasteiger partial charge in [-0.2, -0.15) is 0 Å². The minimum absolute atomic E-state index is 0.0971. The quantitative estimate of drug-likeness (QED) is 0.792. The Morgan fingerprint density at radius 2 is 1.90 bits per heavy atom. The van der Waals surface area contributed by atoms with Gasteiger partial charge in [0.2, 0.25) is 0 Å². The van der Waals surface area contributed by atoms with Gasteiger partial charge in [0, 0.05) is 24.9 Å². The monoisotopic (exact) mass is 275 g/mol. The van der Waals surface area contributed by atoms with Gasteiger partial charge in [0.15, 0.2) is 0 Å². The Bertz CT molecular complexity index is 535. The molecule has 1 aliphatic heterocycles. The van der Waals surface area contributed by atoms with Crippen LogP contribution in [0.5, 0.6) is 0 Å². The minimum atomic E-state index is -0.481. The van der Waals surface area contributed by atoms with Crippen molar-refractivity contribution in [2.75, 3.05) is 13.1 Å². The summed E-state index contributed by atoms with van der Waals surface area (Å²) in [6.07, 6.45) is -0.750. The third-order valence-electron chi connectivity index (χ3n) is 4.14. The van der Waals surface area contributed by atoms with E-state index in [0.717, 1.165) is 5.56 Å².